The van der Waals surface area contributed by atoms with Crippen LogP contribution in [0.1, 0.15) is 33.8 Å². The highest BCUT2D eigenvalue weighted by atomic mass is 16.3. The van der Waals surface area contributed by atoms with Crippen LogP contribution in [0.3, 0.4) is 0 Å². The Bertz CT molecular complexity index is 1030. The number of hydrogen-bond acceptors (Lipinski definition) is 4. The minimum Gasteiger partial charge on any atom is -0.467 e. The van der Waals surface area contributed by atoms with Crippen molar-refractivity contribution in [2.75, 3.05) is 6.54 Å². The maximum atomic E-state index is 12.1. The molecule has 7 heteroatoms. The summed E-state index contributed by atoms with van der Waals surface area (Å²) in [6.45, 7) is 6.81. The van der Waals surface area contributed by atoms with Crippen molar-refractivity contribution in [3.8, 4) is 0 Å². The fraction of sp³-hybridized carbons (Fsp3) is 0.261. The number of benzene rings is 1. The quantitative estimate of drug-likeness (QED) is 0.563. The third kappa shape index (κ3) is 5.70. The second-order valence-corrected chi connectivity index (χ2v) is 7.13. The normalized spacial score (nSPS) is 11.0. The van der Waals surface area contributed by atoms with Crippen LogP contribution in [0.25, 0.3) is 6.08 Å². The Kier molecular flexibility index (Phi) is 6.85. The zero-order valence-corrected chi connectivity index (χ0v) is 17.4. The van der Waals surface area contributed by atoms with Crippen molar-refractivity contribution in [2.24, 2.45) is 0 Å². The molecule has 156 valence electrons. The zero-order chi connectivity index (χ0) is 21.5. The number of rotatable bonds is 8. The fourth-order valence-electron chi connectivity index (χ4n) is 3.02. The highest BCUT2D eigenvalue weighted by Crippen LogP contribution is 2.16. The van der Waals surface area contributed by atoms with Gasteiger partial charge < -0.3 is 15.1 Å². The lowest BCUT2D eigenvalue weighted by Crippen LogP contribution is -2.35. The van der Waals surface area contributed by atoms with E-state index in [-0.39, 0.29) is 24.9 Å². The van der Waals surface area contributed by atoms with Gasteiger partial charge in [0.1, 0.15) is 5.76 Å². The maximum Gasteiger partial charge on any atom is 0.244 e. The molecule has 0 bridgehead atoms. The number of amides is 2. The van der Waals surface area contributed by atoms with E-state index in [2.05, 4.69) is 46.9 Å². The van der Waals surface area contributed by atoms with Gasteiger partial charge in [0.15, 0.2) is 0 Å². The molecule has 2 aromatic heterocycles. The summed E-state index contributed by atoms with van der Waals surface area (Å²) in [5.74, 6) is 0.0304. The molecule has 0 aliphatic heterocycles. The van der Waals surface area contributed by atoms with Gasteiger partial charge in [-0.2, -0.15) is 5.10 Å². The van der Waals surface area contributed by atoms with Gasteiger partial charge in [-0.3, -0.25) is 14.3 Å². The smallest absolute Gasteiger partial charge is 0.244 e. The third-order valence-electron chi connectivity index (χ3n) is 4.75. The maximum absolute atomic E-state index is 12.1. The molecule has 0 aliphatic carbocycles. The van der Waals surface area contributed by atoms with Crippen LogP contribution in [0.2, 0.25) is 0 Å². The van der Waals surface area contributed by atoms with Gasteiger partial charge in [0, 0.05) is 17.3 Å². The van der Waals surface area contributed by atoms with Gasteiger partial charge >= 0.3 is 0 Å². The van der Waals surface area contributed by atoms with Crippen molar-refractivity contribution in [3.05, 3.63) is 82.6 Å². The lowest BCUT2D eigenvalue weighted by Gasteiger charge is -2.05. The van der Waals surface area contributed by atoms with Gasteiger partial charge in [0.05, 0.1) is 31.6 Å². The average Bonchev–Trinajstić information content (AvgIpc) is 3.33. The van der Waals surface area contributed by atoms with E-state index in [0.29, 0.717) is 12.3 Å². The number of furan rings is 1. The first-order valence-electron chi connectivity index (χ1n) is 9.77. The Hall–Kier alpha value is -3.61. The predicted octanol–water partition coefficient (Wildman–Crippen LogP) is 2.90. The van der Waals surface area contributed by atoms with Crippen molar-refractivity contribution in [1.29, 1.82) is 0 Å². The van der Waals surface area contributed by atoms with Crippen molar-refractivity contribution in [1.82, 2.24) is 20.4 Å². The number of nitrogens with one attached hydrogen (secondary N) is 2. The molecule has 3 rings (SSSR count). The first-order valence-corrected chi connectivity index (χ1v) is 9.77. The highest BCUT2D eigenvalue weighted by Gasteiger charge is 2.10. The summed E-state index contributed by atoms with van der Waals surface area (Å²) in [7, 11) is 0. The lowest BCUT2D eigenvalue weighted by molar-refractivity contribution is -0.124. The number of hydrogen-bond donors (Lipinski definition) is 2. The minimum atomic E-state index is -0.340. The molecule has 0 radical (unpaired) electrons. The molecule has 0 spiro atoms. The van der Waals surface area contributed by atoms with E-state index in [1.807, 2.05) is 18.5 Å². The Balaban J connectivity index is 1.53. The number of nitrogens with zero attached hydrogens (tertiary/aromatic N) is 2. The van der Waals surface area contributed by atoms with Crippen LogP contribution in [-0.4, -0.2) is 28.1 Å². The van der Waals surface area contributed by atoms with E-state index in [4.69, 9.17) is 4.42 Å². The molecule has 0 unspecified atom stereocenters. The second-order valence-electron chi connectivity index (χ2n) is 7.13. The summed E-state index contributed by atoms with van der Waals surface area (Å²) in [6.07, 6.45) is 4.70. The summed E-state index contributed by atoms with van der Waals surface area (Å²) in [6, 6.07) is 11.9. The molecule has 2 heterocycles. The molecule has 0 fully saturated rings. The standard InChI is InChI=1S/C23H26N4O3/c1-16-6-8-19(9-7-16)15-27-18(3)21(17(2)26-27)10-11-22(28)25-14-23(29)24-13-20-5-4-12-30-20/h4-12H,13-15H2,1-3H3,(H,24,29)(H,25,28). The zero-order valence-electron chi connectivity index (χ0n) is 17.4. The van der Waals surface area contributed by atoms with E-state index < -0.39 is 0 Å². The summed E-state index contributed by atoms with van der Waals surface area (Å²) in [4.78, 5) is 23.9. The number of aromatic nitrogens is 2. The van der Waals surface area contributed by atoms with Crippen molar-refractivity contribution in [3.63, 3.8) is 0 Å². The van der Waals surface area contributed by atoms with Gasteiger partial charge in [-0.25, -0.2) is 0 Å². The van der Waals surface area contributed by atoms with E-state index in [0.717, 1.165) is 17.0 Å². The Morgan fingerprint density at radius 2 is 1.87 bits per heavy atom. The summed E-state index contributed by atoms with van der Waals surface area (Å²) in [5, 5.41) is 9.85. The average molecular weight is 406 g/mol. The molecule has 3 aromatic rings. The molecule has 2 N–H and O–H groups in total. The van der Waals surface area contributed by atoms with E-state index in [1.165, 1.54) is 17.2 Å². The van der Waals surface area contributed by atoms with Crippen LogP contribution >= 0.6 is 0 Å². The van der Waals surface area contributed by atoms with Crippen LogP contribution in [0.15, 0.2) is 53.2 Å². The SMILES string of the molecule is Cc1ccc(Cn2nc(C)c(C=CC(=O)NCC(=O)NCc3ccco3)c2C)cc1. The van der Waals surface area contributed by atoms with Gasteiger partial charge in [0.2, 0.25) is 11.8 Å². The molecule has 30 heavy (non-hydrogen) atoms. The Morgan fingerprint density at radius 3 is 2.57 bits per heavy atom. The monoisotopic (exact) mass is 406 g/mol. The largest absolute Gasteiger partial charge is 0.467 e. The highest BCUT2D eigenvalue weighted by molar-refractivity contribution is 5.94. The molecule has 0 saturated carbocycles. The van der Waals surface area contributed by atoms with E-state index >= 15 is 0 Å². The van der Waals surface area contributed by atoms with Gasteiger partial charge in [0.25, 0.3) is 0 Å². The van der Waals surface area contributed by atoms with Crippen LogP contribution in [0, 0.1) is 20.8 Å². The van der Waals surface area contributed by atoms with Crippen LogP contribution in [-0.2, 0) is 22.7 Å². The van der Waals surface area contributed by atoms with Gasteiger partial charge in [-0.15, -0.1) is 0 Å². The first-order chi connectivity index (χ1) is 14.4. The van der Waals surface area contributed by atoms with Gasteiger partial charge in [-0.05, 0) is 44.5 Å². The van der Waals surface area contributed by atoms with Crippen molar-refractivity contribution in [2.45, 2.75) is 33.9 Å². The molecule has 7 nitrogen and oxygen atoms in total. The van der Waals surface area contributed by atoms with Crippen LogP contribution in [0.4, 0.5) is 0 Å². The molecular formula is C23H26N4O3. The second kappa shape index (κ2) is 9.73. The molecule has 0 saturated heterocycles. The first kappa shape index (κ1) is 21.1. The summed E-state index contributed by atoms with van der Waals surface area (Å²) >= 11 is 0. The molecule has 0 atom stereocenters. The Morgan fingerprint density at radius 1 is 1.10 bits per heavy atom. The third-order valence-corrected chi connectivity index (χ3v) is 4.75. The van der Waals surface area contributed by atoms with E-state index in [1.54, 1.807) is 24.5 Å². The summed E-state index contributed by atoms with van der Waals surface area (Å²) in [5.41, 5.74) is 5.11. The fourth-order valence-corrected chi connectivity index (χ4v) is 3.02. The van der Waals surface area contributed by atoms with E-state index in [9.17, 15) is 9.59 Å². The minimum absolute atomic E-state index is 0.103. The van der Waals surface area contributed by atoms with Crippen molar-refractivity contribution >= 4 is 17.9 Å². The number of carbonyl (C=O) groups excluding carboxylic acids is 2. The lowest BCUT2D eigenvalue weighted by atomic mass is 10.1. The number of carbonyl (C=O) groups is 2. The predicted molar refractivity (Wildman–Crippen MR) is 115 cm³/mol. The number of aryl methyl sites for hydroxylation is 2. The molecule has 2 amide bonds. The van der Waals surface area contributed by atoms with Crippen LogP contribution < -0.4 is 10.6 Å². The molecular weight excluding hydrogens is 380 g/mol. The Labute approximate surface area is 175 Å². The molecule has 1 aromatic carbocycles. The van der Waals surface area contributed by atoms with Crippen LogP contribution in [0.5, 0.6) is 0 Å². The summed E-state index contributed by atoms with van der Waals surface area (Å²) < 4.78 is 7.07. The van der Waals surface area contributed by atoms with Crippen molar-refractivity contribution < 1.29 is 14.0 Å². The van der Waals surface area contributed by atoms with Gasteiger partial charge in [-0.1, -0.05) is 29.8 Å². The topological polar surface area (TPSA) is 89.2 Å². The molecule has 0 aliphatic rings.